The Hall–Kier alpha value is -2.82. The number of carbonyl (C=O) groups excluding carboxylic acids is 2. The molecule has 0 spiro atoms. The molecule has 0 heterocycles. The van der Waals surface area contributed by atoms with Gasteiger partial charge in [0.1, 0.15) is 0 Å². The summed E-state index contributed by atoms with van der Waals surface area (Å²) in [6.45, 7) is 5.98. The normalized spacial score (nSPS) is 18.7. The van der Waals surface area contributed by atoms with Gasteiger partial charge in [-0.15, -0.1) is 0 Å². The van der Waals surface area contributed by atoms with E-state index in [1.54, 1.807) is 12.1 Å². The molecule has 1 aliphatic carbocycles. The molecule has 3 rings (SSSR count). The molecule has 0 saturated heterocycles. The lowest BCUT2D eigenvalue weighted by Gasteiger charge is -2.29. The van der Waals surface area contributed by atoms with Crippen LogP contribution in [-0.2, 0) is 9.53 Å². The van der Waals surface area contributed by atoms with Crippen LogP contribution in [0.1, 0.15) is 54.1 Å². The minimum Gasteiger partial charge on any atom is -0.452 e. The Kier molecular flexibility index (Phi) is 6.91. The average molecular weight is 395 g/mol. The van der Waals surface area contributed by atoms with Crippen molar-refractivity contribution in [2.45, 2.75) is 52.5 Å². The van der Waals surface area contributed by atoms with E-state index in [0.29, 0.717) is 17.2 Å². The van der Waals surface area contributed by atoms with E-state index in [9.17, 15) is 9.59 Å². The molecule has 2 unspecified atom stereocenters. The van der Waals surface area contributed by atoms with Crippen LogP contribution in [0.5, 0.6) is 0 Å². The molecule has 2 N–H and O–H groups in total. The number of hydrogen-bond acceptors (Lipinski definition) is 4. The zero-order valence-corrected chi connectivity index (χ0v) is 17.5. The van der Waals surface area contributed by atoms with Gasteiger partial charge in [0.05, 0.1) is 11.3 Å². The van der Waals surface area contributed by atoms with Crippen molar-refractivity contribution < 1.29 is 14.3 Å². The summed E-state index contributed by atoms with van der Waals surface area (Å²) in [4.78, 5) is 24.9. The monoisotopic (exact) mass is 394 g/mol. The summed E-state index contributed by atoms with van der Waals surface area (Å²) in [6, 6.07) is 13.4. The molecule has 0 bridgehead atoms. The smallest absolute Gasteiger partial charge is 0.340 e. The summed E-state index contributed by atoms with van der Waals surface area (Å²) in [7, 11) is 0. The Bertz CT molecular complexity index is 878. The number of aryl methyl sites for hydroxylation is 1. The van der Waals surface area contributed by atoms with E-state index in [-0.39, 0.29) is 18.6 Å². The Morgan fingerprint density at radius 1 is 1.00 bits per heavy atom. The first-order chi connectivity index (χ1) is 14.0. The molecular weight excluding hydrogens is 364 g/mol. The molecule has 5 heteroatoms. The van der Waals surface area contributed by atoms with Crippen LogP contribution in [0, 0.1) is 19.8 Å². The fourth-order valence-corrected chi connectivity index (χ4v) is 3.79. The van der Waals surface area contributed by atoms with Crippen molar-refractivity contribution in [3.63, 3.8) is 0 Å². The Morgan fingerprint density at radius 2 is 1.72 bits per heavy atom. The van der Waals surface area contributed by atoms with Crippen LogP contribution < -0.4 is 10.6 Å². The van der Waals surface area contributed by atoms with Gasteiger partial charge in [-0.3, -0.25) is 4.79 Å². The van der Waals surface area contributed by atoms with Crippen molar-refractivity contribution in [3.05, 3.63) is 59.2 Å². The third-order valence-corrected chi connectivity index (χ3v) is 5.81. The van der Waals surface area contributed by atoms with Gasteiger partial charge in [-0.05, 0) is 61.9 Å². The van der Waals surface area contributed by atoms with Gasteiger partial charge in [0, 0.05) is 11.7 Å². The van der Waals surface area contributed by atoms with Crippen LogP contribution in [-0.4, -0.2) is 24.5 Å². The molecule has 0 aliphatic heterocycles. The van der Waals surface area contributed by atoms with Crippen molar-refractivity contribution in [2.75, 3.05) is 11.9 Å². The predicted octanol–water partition coefficient (Wildman–Crippen LogP) is 4.90. The van der Waals surface area contributed by atoms with Gasteiger partial charge in [-0.2, -0.15) is 0 Å². The number of para-hydroxylation sites is 1. The highest BCUT2D eigenvalue weighted by Crippen LogP contribution is 2.26. The number of ether oxygens (including phenoxy) is 1. The molecule has 1 aliphatic rings. The van der Waals surface area contributed by atoms with E-state index in [0.717, 1.165) is 30.5 Å². The summed E-state index contributed by atoms with van der Waals surface area (Å²) >= 11 is 0. The number of nitrogens with one attached hydrogen (secondary N) is 2. The van der Waals surface area contributed by atoms with Gasteiger partial charge in [-0.1, -0.05) is 44.0 Å². The first-order valence-electron chi connectivity index (χ1n) is 10.3. The van der Waals surface area contributed by atoms with Gasteiger partial charge in [0.15, 0.2) is 6.61 Å². The predicted molar refractivity (Wildman–Crippen MR) is 115 cm³/mol. The third kappa shape index (κ3) is 5.37. The lowest BCUT2D eigenvalue weighted by Crippen LogP contribution is -2.42. The van der Waals surface area contributed by atoms with E-state index in [1.165, 1.54) is 12.0 Å². The lowest BCUT2D eigenvalue weighted by atomic mass is 9.86. The highest BCUT2D eigenvalue weighted by atomic mass is 16.5. The summed E-state index contributed by atoms with van der Waals surface area (Å²) in [5.41, 5.74) is 4.30. The van der Waals surface area contributed by atoms with Gasteiger partial charge in [0.25, 0.3) is 5.91 Å². The van der Waals surface area contributed by atoms with Gasteiger partial charge < -0.3 is 15.4 Å². The minimum atomic E-state index is -0.509. The Morgan fingerprint density at radius 3 is 2.52 bits per heavy atom. The topological polar surface area (TPSA) is 67.4 Å². The minimum absolute atomic E-state index is 0.174. The van der Waals surface area contributed by atoms with Crippen molar-refractivity contribution in [1.82, 2.24) is 5.32 Å². The van der Waals surface area contributed by atoms with Crippen LogP contribution in [0.2, 0.25) is 0 Å². The molecule has 1 fully saturated rings. The van der Waals surface area contributed by atoms with Crippen LogP contribution in [0.4, 0.5) is 11.4 Å². The van der Waals surface area contributed by atoms with Crippen molar-refractivity contribution in [3.8, 4) is 0 Å². The van der Waals surface area contributed by atoms with Crippen molar-refractivity contribution in [2.24, 2.45) is 5.92 Å². The molecule has 0 radical (unpaired) electrons. The maximum absolute atomic E-state index is 12.6. The summed E-state index contributed by atoms with van der Waals surface area (Å²) in [5, 5.41) is 6.33. The number of anilines is 2. The maximum Gasteiger partial charge on any atom is 0.340 e. The second-order valence-electron chi connectivity index (χ2n) is 7.93. The van der Waals surface area contributed by atoms with Gasteiger partial charge >= 0.3 is 5.97 Å². The average Bonchev–Trinajstić information content (AvgIpc) is 2.72. The fourth-order valence-electron chi connectivity index (χ4n) is 3.79. The molecule has 1 amide bonds. The second-order valence-corrected chi connectivity index (χ2v) is 7.93. The van der Waals surface area contributed by atoms with E-state index < -0.39 is 5.97 Å². The summed E-state index contributed by atoms with van der Waals surface area (Å²) < 4.78 is 5.31. The molecule has 2 aromatic carbocycles. The van der Waals surface area contributed by atoms with Crippen LogP contribution in [0.3, 0.4) is 0 Å². The number of esters is 1. The van der Waals surface area contributed by atoms with E-state index in [1.807, 2.05) is 44.2 Å². The molecule has 2 atom stereocenters. The highest BCUT2D eigenvalue weighted by Gasteiger charge is 2.23. The first kappa shape index (κ1) is 20.9. The molecular formula is C24H30N2O3. The number of amides is 1. The molecule has 29 heavy (non-hydrogen) atoms. The lowest BCUT2D eigenvalue weighted by molar-refractivity contribution is -0.125. The van der Waals surface area contributed by atoms with Crippen LogP contribution >= 0.6 is 0 Å². The molecule has 154 valence electrons. The van der Waals surface area contributed by atoms with Crippen molar-refractivity contribution in [1.29, 1.82) is 0 Å². The third-order valence-electron chi connectivity index (χ3n) is 5.81. The zero-order chi connectivity index (χ0) is 20.8. The number of benzene rings is 2. The Balaban J connectivity index is 1.62. The molecule has 2 aromatic rings. The van der Waals surface area contributed by atoms with Gasteiger partial charge in [-0.25, -0.2) is 4.79 Å². The summed E-state index contributed by atoms with van der Waals surface area (Å²) in [6.07, 6.45) is 4.46. The maximum atomic E-state index is 12.6. The Labute approximate surface area is 172 Å². The SMILES string of the molecule is Cc1cccc(Nc2ccccc2C(=O)OCC(=O)NC2CCCCC2C)c1C. The number of hydrogen-bond donors (Lipinski definition) is 2. The van der Waals surface area contributed by atoms with Crippen molar-refractivity contribution >= 4 is 23.3 Å². The second kappa shape index (κ2) is 9.59. The zero-order valence-electron chi connectivity index (χ0n) is 17.5. The number of carbonyl (C=O) groups is 2. The summed E-state index contributed by atoms with van der Waals surface area (Å²) in [5.74, 6) is -0.284. The van der Waals surface area contributed by atoms with Crippen LogP contribution in [0.15, 0.2) is 42.5 Å². The van der Waals surface area contributed by atoms with E-state index >= 15 is 0 Å². The standard InChI is InChI=1S/C24H30N2O3/c1-16-10-8-14-21(18(16)3)25-22-13-7-5-11-19(22)24(28)29-15-23(27)26-20-12-6-4-9-17(20)2/h5,7-8,10-11,13-14,17,20,25H,4,6,9,12,15H2,1-3H3,(H,26,27). The first-order valence-corrected chi connectivity index (χ1v) is 10.3. The quantitative estimate of drug-likeness (QED) is 0.684. The molecule has 5 nitrogen and oxygen atoms in total. The largest absolute Gasteiger partial charge is 0.452 e. The fraction of sp³-hybridized carbons (Fsp3) is 0.417. The molecule has 0 aromatic heterocycles. The van der Waals surface area contributed by atoms with Gasteiger partial charge in [0.2, 0.25) is 0 Å². The van der Waals surface area contributed by atoms with E-state index in [4.69, 9.17) is 4.74 Å². The number of rotatable bonds is 6. The highest BCUT2D eigenvalue weighted by molar-refractivity contribution is 5.97. The van der Waals surface area contributed by atoms with Crippen LogP contribution in [0.25, 0.3) is 0 Å². The molecule has 1 saturated carbocycles. The van der Waals surface area contributed by atoms with E-state index in [2.05, 4.69) is 17.6 Å².